The lowest BCUT2D eigenvalue weighted by Crippen LogP contribution is -2.37. The minimum atomic E-state index is -0.853. The van der Waals surface area contributed by atoms with E-state index < -0.39 is 34.1 Å². The highest BCUT2D eigenvalue weighted by Gasteiger charge is 2.20. The van der Waals surface area contributed by atoms with Crippen LogP contribution in [0.25, 0.3) is 11.2 Å². The molecule has 3 heterocycles. The molecule has 0 unspecified atom stereocenters. The summed E-state index contributed by atoms with van der Waals surface area (Å²) in [6.07, 6.45) is 0. The van der Waals surface area contributed by atoms with Crippen LogP contribution in [0.1, 0.15) is 5.56 Å². The van der Waals surface area contributed by atoms with E-state index in [2.05, 4.69) is 15.2 Å². The van der Waals surface area contributed by atoms with Crippen molar-refractivity contribution in [3.05, 3.63) is 77.6 Å². The quantitative estimate of drug-likeness (QED) is 0.431. The topological polar surface area (TPSA) is 151 Å². The lowest BCUT2D eigenvalue weighted by atomic mass is 10.2. The van der Waals surface area contributed by atoms with Crippen molar-refractivity contribution in [3.8, 4) is 5.88 Å². The summed E-state index contributed by atoms with van der Waals surface area (Å²) in [5, 5.41) is 18.1. The van der Waals surface area contributed by atoms with Crippen molar-refractivity contribution >= 4 is 22.8 Å². The van der Waals surface area contributed by atoms with Crippen LogP contribution < -0.4 is 22.5 Å². The number of rotatable bonds is 4. The van der Waals surface area contributed by atoms with Crippen LogP contribution in [0.5, 0.6) is 5.88 Å². The third-order valence-corrected chi connectivity index (χ3v) is 5.36. The van der Waals surface area contributed by atoms with Crippen molar-refractivity contribution in [1.82, 2.24) is 27.8 Å². The highest BCUT2D eigenvalue weighted by Crippen LogP contribution is 2.24. The predicted molar refractivity (Wildman–Crippen MR) is 119 cm³/mol. The number of hydrogen-bond donors (Lipinski definition) is 1. The number of fused-ring (bicyclic) bond motifs is 1. The van der Waals surface area contributed by atoms with E-state index >= 15 is 0 Å². The van der Waals surface area contributed by atoms with Gasteiger partial charge in [0.2, 0.25) is 11.6 Å². The van der Waals surface area contributed by atoms with E-state index in [1.165, 1.54) is 37.3 Å². The fraction of sp³-hybridized carbons (Fsp3) is 0.250. The Morgan fingerprint density at radius 2 is 1.42 bits per heavy atom. The first-order valence-corrected chi connectivity index (χ1v) is 9.74. The number of azo groups is 1. The first-order valence-electron chi connectivity index (χ1n) is 9.74. The number of aryl methyl sites for hydroxylation is 1. The molecule has 0 fully saturated rings. The van der Waals surface area contributed by atoms with Gasteiger partial charge in [0.15, 0.2) is 11.2 Å². The van der Waals surface area contributed by atoms with E-state index in [9.17, 15) is 24.3 Å². The summed E-state index contributed by atoms with van der Waals surface area (Å²) in [6, 6.07) is 9.18. The van der Waals surface area contributed by atoms with Gasteiger partial charge in [0.05, 0.1) is 6.54 Å². The van der Waals surface area contributed by atoms with Crippen LogP contribution in [0, 0.1) is 0 Å². The Morgan fingerprint density at radius 3 is 2.09 bits per heavy atom. The Balaban J connectivity index is 2.00. The largest absolute Gasteiger partial charge is 0.493 e. The summed E-state index contributed by atoms with van der Waals surface area (Å²) in [5.74, 6) is -0.733. The number of aromatic hydroxyl groups is 1. The van der Waals surface area contributed by atoms with Gasteiger partial charge >= 0.3 is 11.4 Å². The zero-order valence-corrected chi connectivity index (χ0v) is 18.3. The highest BCUT2D eigenvalue weighted by molar-refractivity contribution is 5.73. The Kier molecular flexibility index (Phi) is 5.16. The van der Waals surface area contributed by atoms with E-state index in [1.807, 2.05) is 30.3 Å². The van der Waals surface area contributed by atoms with Gasteiger partial charge in [-0.05, 0) is 5.56 Å². The molecule has 0 saturated heterocycles. The molecule has 0 aliphatic heterocycles. The molecule has 33 heavy (non-hydrogen) atoms. The second kappa shape index (κ2) is 7.85. The molecule has 0 atom stereocenters. The third-order valence-electron chi connectivity index (χ3n) is 5.36. The van der Waals surface area contributed by atoms with Gasteiger partial charge in [-0.2, -0.15) is 4.98 Å². The van der Waals surface area contributed by atoms with Crippen LogP contribution in [-0.4, -0.2) is 32.9 Å². The molecule has 13 nitrogen and oxygen atoms in total. The van der Waals surface area contributed by atoms with E-state index in [0.29, 0.717) is 0 Å². The molecule has 0 amide bonds. The molecule has 13 heteroatoms. The summed E-state index contributed by atoms with van der Waals surface area (Å²) in [5.41, 5.74) is -2.16. The van der Waals surface area contributed by atoms with Gasteiger partial charge < -0.3 is 5.11 Å². The third kappa shape index (κ3) is 3.39. The van der Waals surface area contributed by atoms with E-state index in [1.54, 1.807) is 0 Å². The SMILES string of the molecule is Cn1c(O)c(N=Nc2nc3c(c(=O)n(C)c(=O)n3C)n2Cc2ccccc2)c(=O)n(C)c1=O. The van der Waals surface area contributed by atoms with Crippen LogP contribution in [-0.2, 0) is 34.7 Å². The molecule has 4 aromatic rings. The van der Waals surface area contributed by atoms with Crippen LogP contribution in [0.3, 0.4) is 0 Å². The number of imidazole rings is 1. The monoisotopic (exact) mass is 452 g/mol. The van der Waals surface area contributed by atoms with Crippen LogP contribution >= 0.6 is 0 Å². The number of hydrogen-bond acceptors (Lipinski definition) is 8. The van der Waals surface area contributed by atoms with Crippen molar-refractivity contribution in [2.24, 2.45) is 38.4 Å². The van der Waals surface area contributed by atoms with Crippen molar-refractivity contribution in [2.45, 2.75) is 6.54 Å². The van der Waals surface area contributed by atoms with Gasteiger partial charge in [0.25, 0.3) is 17.1 Å². The summed E-state index contributed by atoms with van der Waals surface area (Å²) >= 11 is 0. The molecule has 0 saturated carbocycles. The maximum atomic E-state index is 12.9. The summed E-state index contributed by atoms with van der Waals surface area (Å²) in [4.78, 5) is 54.0. The van der Waals surface area contributed by atoms with Crippen molar-refractivity contribution in [1.29, 1.82) is 0 Å². The van der Waals surface area contributed by atoms with E-state index in [-0.39, 0.29) is 23.7 Å². The molecule has 0 bridgehead atoms. The maximum Gasteiger partial charge on any atom is 0.333 e. The Hall–Kier alpha value is -4.55. The number of benzene rings is 1. The average Bonchev–Trinajstić information content (AvgIpc) is 3.17. The molecule has 1 aromatic carbocycles. The summed E-state index contributed by atoms with van der Waals surface area (Å²) < 4.78 is 5.27. The molecule has 3 aromatic heterocycles. The van der Waals surface area contributed by atoms with Gasteiger partial charge in [-0.3, -0.25) is 32.4 Å². The van der Waals surface area contributed by atoms with Gasteiger partial charge in [-0.25, -0.2) is 9.59 Å². The second-order valence-corrected chi connectivity index (χ2v) is 7.44. The van der Waals surface area contributed by atoms with Gasteiger partial charge in [0.1, 0.15) is 0 Å². The molecule has 1 N–H and O–H groups in total. The van der Waals surface area contributed by atoms with Crippen molar-refractivity contribution < 1.29 is 5.11 Å². The lowest BCUT2D eigenvalue weighted by Gasteiger charge is -2.08. The second-order valence-electron chi connectivity index (χ2n) is 7.44. The first-order chi connectivity index (χ1) is 15.6. The van der Waals surface area contributed by atoms with Crippen molar-refractivity contribution in [2.75, 3.05) is 0 Å². The summed E-state index contributed by atoms with van der Waals surface area (Å²) in [7, 11) is 5.35. The van der Waals surface area contributed by atoms with Crippen LogP contribution in [0.2, 0.25) is 0 Å². The fourth-order valence-electron chi connectivity index (χ4n) is 3.43. The van der Waals surface area contributed by atoms with Crippen LogP contribution in [0.15, 0.2) is 59.7 Å². The normalized spacial score (nSPS) is 11.6. The first kappa shape index (κ1) is 21.7. The maximum absolute atomic E-state index is 12.9. The molecule has 4 rings (SSSR count). The van der Waals surface area contributed by atoms with Gasteiger partial charge in [-0.15, -0.1) is 10.2 Å². The zero-order chi connectivity index (χ0) is 24.0. The minimum absolute atomic E-state index is 0.0672. The fourth-order valence-corrected chi connectivity index (χ4v) is 3.43. The Bertz CT molecular complexity index is 1670. The lowest BCUT2D eigenvalue weighted by molar-refractivity contribution is 0.413. The average molecular weight is 452 g/mol. The number of aromatic nitrogens is 6. The molecular weight excluding hydrogens is 432 g/mol. The van der Waals surface area contributed by atoms with Crippen molar-refractivity contribution in [3.63, 3.8) is 0 Å². The highest BCUT2D eigenvalue weighted by atomic mass is 16.3. The van der Waals surface area contributed by atoms with Gasteiger partial charge in [-0.1, -0.05) is 30.3 Å². The minimum Gasteiger partial charge on any atom is -0.493 e. The molecule has 0 radical (unpaired) electrons. The molecule has 0 aliphatic carbocycles. The molecular formula is C20H20N8O5. The Morgan fingerprint density at radius 1 is 0.818 bits per heavy atom. The Labute approximate surface area is 184 Å². The molecule has 0 spiro atoms. The summed E-state index contributed by atoms with van der Waals surface area (Å²) in [6.45, 7) is 0.177. The zero-order valence-electron chi connectivity index (χ0n) is 18.3. The van der Waals surface area contributed by atoms with Crippen LogP contribution in [0.4, 0.5) is 11.6 Å². The standard InChI is InChI=1S/C20H20N8O5/c1-24-14-13(17(31)27(4)19(24)32)28(10-11-8-6-5-7-9-11)18(21-14)23-22-12-15(29)25(2)20(33)26(3)16(12)30/h5-9,29H,10H2,1-4H3. The number of nitrogens with zero attached hydrogens (tertiary/aromatic N) is 8. The molecule has 170 valence electrons. The predicted octanol–water partition coefficient (Wildman–Crippen LogP) is 0.000400. The van der Waals surface area contributed by atoms with Gasteiger partial charge in [0, 0.05) is 28.2 Å². The smallest absolute Gasteiger partial charge is 0.333 e. The van der Waals surface area contributed by atoms with E-state index in [0.717, 1.165) is 19.3 Å². The molecule has 0 aliphatic rings. The van der Waals surface area contributed by atoms with E-state index in [4.69, 9.17) is 0 Å².